The number of hydrogen-bond acceptors (Lipinski definition) is 3. The first kappa shape index (κ1) is 30.5. The minimum absolute atomic E-state index is 0.604. The van der Waals surface area contributed by atoms with Crippen LogP contribution in [0.4, 0.5) is 52.7 Å². The first-order valence-electron chi connectivity index (χ1n) is 8.95. The molecule has 0 atom stereocenters. The van der Waals surface area contributed by atoms with Gasteiger partial charge in [0.1, 0.15) is 0 Å². The van der Waals surface area contributed by atoms with Crippen molar-refractivity contribution in [3.8, 4) is 0 Å². The summed E-state index contributed by atoms with van der Waals surface area (Å²) in [5.74, 6) is 0. The maximum absolute atomic E-state index is 12.9. The number of alkyl halides is 12. The number of halogens is 12. The molecule has 0 aromatic rings. The van der Waals surface area contributed by atoms with Gasteiger partial charge in [0.25, 0.3) is 0 Å². The van der Waals surface area contributed by atoms with Gasteiger partial charge < -0.3 is 13.0 Å². The Balaban J connectivity index is 6.29. The summed E-state index contributed by atoms with van der Waals surface area (Å²) in [6.07, 6.45) is -32.4. The van der Waals surface area contributed by atoms with Crippen LogP contribution < -0.4 is 0 Å². The maximum atomic E-state index is 12.9. The van der Waals surface area contributed by atoms with E-state index >= 15 is 0 Å². The largest absolute Gasteiger partial charge is 0.422 e. The van der Waals surface area contributed by atoms with Gasteiger partial charge in [-0.1, -0.05) is 27.7 Å². The summed E-state index contributed by atoms with van der Waals surface area (Å²) in [6.45, 7) is 4.31. The highest BCUT2D eigenvalue weighted by Crippen LogP contribution is 2.43. The molecule has 0 heterocycles. The zero-order chi connectivity index (χ0) is 25.1. The highest BCUT2D eigenvalue weighted by molar-refractivity contribution is 6.81. The van der Waals surface area contributed by atoms with E-state index in [1.54, 1.807) is 0 Å². The molecule has 0 spiro atoms. The van der Waals surface area contributed by atoms with Crippen LogP contribution >= 0.6 is 0 Å². The molecule has 0 aliphatic carbocycles. The van der Waals surface area contributed by atoms with E-state index in [-0.39, 0.29) is 0 Å². The van der Waals surface area contributed by atoms with Crippen LogP contribution in [0.3, 0.4) is 0 Å². The zero-order valence-corrected chi connectivity index (χ0v) is 18.7. The van der Waals surface area contributed by atoms with Crippen LogP contribution in [0.2, 0.25) is 24.2 Å². The lowest BCUT2D eigenvalue weighted by atomic mass is 10.3. The third-order valence-corrected chi connectivity index (χ3v) is 13.0. The lowest BCUT2D eigenvalue weighted by Gasteiger charge is -2.43. The monoisotopic (exact) mass is 522 g/mol. The van der Waals surface area contributed by atoms with Crippen LogP contribution in [-0.4, -0.2) is 54.0 Å². The Hall–Kier alpha value is -0.526. The summed E-state index contributed by atoms with van der Waals surface area (Å²) in [5.41, 5.74) is 0. The average molecular weight is 522 g/mol. The highest BCUT2D eigenvalue weighted by Gasteiger charge is 2.64. The predicted octanol–water partition coefficient (Wildman–Crippen LogP) is 6.99. The molecule has 0 aromatic carbocycles. The van der Waals surface area contributed by atoms with Gasteiger partial charge in [-0.05, 0) is 24.2 Å². The molecule has 3 nitrogen and oxygen atoms in total. The summed E-state index contributed by atoms with van der Waals surface area (Å²) >= 11 is 0. The van der Waals surface area contributed by atoms with Gasteiger partial charge >= 0.3 is 41.8 Å². The summed E-state index contributed by atoms with van der Waals surface area (Å²) in [5, 5.41) is 0. The summed E-state index contributed by atoms with van der Waals surface area (Å²) < 4.78 is 169. The zero-order valence-electron chi connectivity index (χ0n) is 16.7. The smallest absolute Gasteiger partial charge is 0.414 e. The topological polar surface area (TPSA) is 27.7 Å². The second kappa shape index (κ2) is 10.2. The fraction of sp³-hybridized carbons (Fsp3) is 1.00. The van der Waals surface area contributed by atoms with E-state index in [4.69, 9.17) is 4.12 Å². The molecule has 0 rings (SSSR count). The van der Waals surface area contributed by atoms with Crippen LogP contribution in [0.1, 0.15) is 27.7 Å². The molecular formula is C14H22F12O3Si2. The van der Waals surface area contributed by atoms with Crippen LogP contribution in [0, 0.1) is 0 Å². The second-order valence-electron chi connectivity index (χ2n) is 6.50. The van der Waals surface area contributed by atoms with Crippen molar-refractivity contribution in [3.05, 3.63) is 0 Å². The number of hydrogen-bond donors (Lipinski definition) is 0. The molecule has 0 fully saturated rings. The summed E-state index contributed by atoms with van der Waals surface area (Å²) in [7, 11) is -9.25. The SMILES string of the molecule is CC[Si](CC)(OC(C(F)(F)F)C(F)(F)F)O[Si](CC)(CC)OC(C(F)(F)F)C(F)(F)F. The summed E-state index contributed by atoms with van der Waals surface area (Å²) in [4.78, 5) is 0. The molecule has 0 saturated carbocycles. The van der Waals surface area contributed by atoms with E-state index in [9.17, 15) is 52.7 Å². The highest BCUT2D eigenvalue weighted by atomic mass is 28.5. The van der Waals surface area contributed by atoms with Crippen LogP contribution in [0.15, 0.2) is 0 Å². The normalized spacial score (nSPS) is 15.3. The van der Waals surface area contributed by atoms with Crippen molar-refractivity contribution < 1.29 is 65.7 Å². The molecule has 0 aliphatic heterocycles. The Morgan fingerprint density at radius 2 is 0.677 bits per heavy atom. The standard InChI is InChI=1S/C14H22F12O3Si2/c1-5-30(6-2,27-9(11(15,16)17)12(18,19)20)29-31(7-3,8-4)28-10(13(21,22)23)14(24,25)26/h9-10H,5-8H2,1-4H3. The molecule has 0 N–H and O–H groups in total. The van der Waals surface area contributed by atoms with E-state index in [1.165, 1.54) is 0 Å². The fourth-order valence-electron chi connectivity index (χ4n) is 2.58. The van der Waals surface area contributed by atoms with Gasteiger partial charge in [-0.2, -0.15) is 52.7 Å². The molecule has 0 radical (unpaired) electrons. The van der Waals surface area contributed by atoms with Crippen LogP contribution in [-0.2, 0) is 13.0 Å². The van der Waals surface area contributed by atoms with E-state index in [0.717, 1.165) is 27.7 Å². The average Bonchev–Trinajstić information content (AvgIpc) is 2.58. The van der Waals surface area contributed by atoms with Crippen LogP contribution in [0.5, 0.6) is 0 Å². The molecule has 0 bridgehead atoms. The van der Waals surface area contributed by atoms with E-state index < -0.39 is 78.2 Å². The van der Waals surface area contributed by atoms with Crippen molar-refractivity contribution in [1.82, 2.24) is 0 Å². The Labute approximate surface area is 172 Å². The molecule has 17 heteroatoms. The number of rotatable bonds is 10. The first-order valence-corrected chi connectivity index (χ1v) is 13.4. The molecule has 0 unspecified atom stereocenters. The second-order valence-corrected chi connectivity index (χ2v) is 14.3. The van der Waals surface area contributed by atoms with Crippen molar-refractivity contribution in [2.24, 2.45) is 0 Å². The Morgan fingerprint density at radius 3 is 0.806 bits per heavy atom. The quantitative estimate of drug-likeness (QED) is 0.229. The molecule has 0 aliphatic rings. The van der Waals surface area contributed by atoms with Gasteiger partial charge in [0.15, 0.2) is 0 Å². The molecule has 188 valence electrons. The van der Waals surface area contributed by atoms with Gasteiger partial charge in [-0.3, -0.25) is 0 Å². The lowest BCUT2D eigenvalue weighted by Crippen LogP contribution is -2.62. The van der Waals surface area contributed by atoms with Gasteiger partial charge in [-0.25, -0.2) is 0 Å². The predicted molar refractivity (Wildman–Crippen MR) is 88.5 cm³/mol. The fourth-order valence-corrected chi connectivity index (χ4v) is 11.0. The van der Waals surface area contributed by atoms with Crippen LogP contribution in [0.25, 0.3) is 0 Å². The van der Waals surface area contributed by atoms with Crippen molar-refractivity contribution >= 4 is 17.1 Å². The van der Waals surface area contributed by atoms with Gasteiger partial charge in [0.2, 0.25) is 12.2 Å². The van der Waals surface area contributed by atoms with Gasteiger partial charge in [0, 0.05) is 0 Å². The third kappa shape index (κ3) is 8.40. The Kier molecular flexibility index (Phi) is 10.00. The van der Waals surface area contributed by atoms with Crippen molar-refractivity contribution in [3.63, 3.8) is 0 Å². The van der Waals surface area contributed by atoms with E-state index in [1.807, 2.05) is 0 Å². The molecule has 0 amide bonds. The minimum Gasteiger partial charge on any atom is -0.414 e. The van der Waals surface area contributed by atoms with Gasteiger partial charge in [0.05, 0.1) is 0 Å². The third-order valence-electron chi connectivity index (χ3n) is 4.38. The minimum atomic E-state index is -5.94. The molecule has 0 saturated heterocycles. The molecule has 31 heavy (non-hydrogen) atoms. The van der Waals surface area contributed by atoms with Crippen molar-refractivity contribution in [1.29, 1.82) is 0 Å². The lowest BCUT2D eigenvalue weighted by molar-refractivity contribution is -0.307. The summed E-state index contributed by atoms with van der Waals surface area (Å²) in [6, 6.07) is -2.42. The Morgan fingerprint density at radius 1 is 0.484 bits per heavy atom. The maximum Gasteiger partial charge on any atom is 0.422 e. The van der Waals surface area contributed by atoms with Crippen molar-refractivity contribution in [2.45, 2.75) is 88.8 Å². The van der Waals surface area contributed by atoms with Gasteiger partial charge in [-0.15, -0.1) is 0 Å². The Bertz CT molecular complexity index is 475. The van der Waals surface area contributed by atoms with E-state index in [0.29, 0.717) is 0 Å². The van der Waals surface area contributed by atoms with E-state index in [2.05, 4.69) is 8.85 Å². The molecule has 0 aromatic heterocycles. The molecular weight excluding hydrogens is 500 g/mol. The first-order chi connectivity index (χ1) is 13.6. The van der Waals surface area contributed by atoms with Crippen molar-refractivity contribution in [2.75, 3.05) is 0 Å².